The van der Waals surface area contributed by atoms with Crippen molar-refractivity contribution in [2.75, 3.05) is 19.6 Å². The first-order valence-electron chi connectivity index (χ1n) is 7.83. The number of thiazole rings is 1. The topological polar surface area (TPSA) is 62.3 Å². The highest BCUT2D eigenvalue weighted by atomic mass is 35.5. The molecule has 0 saturated carbocycles. The molecule has 0 radical (unpaired) electrons. The molecule has 134 valence electrons. The summed E-state index contributed by atoms with van der Waals surface area (Å²) in [7, 11) is -3.46. The number of halogens is 1. The van der Waals surface area contributed by atoms with Crippen molar-refractivity contribution in [3.63, 3.8) is 0 Å². The summed E-state index contributed by atoms with van der Waals surface area (Å²) >= 11 is 1.58. The Morgan fingerprint density at radius 2 is 2.04 bits per heavy atom. The highest BCUT2D eigenvalue weighted by Crippen LogP contribution is 2.33. The van der Waals surface area contributed by atoms with Gasteiger partial charge in [-0.25, -0.2) is 13.4 Å². The molecule has 1 aliphatic rings. The minimum Gasteiger partial charge on any atom is -0.314 e. The van der Waals surface area contributed by atoms with Gasteiger partial charge in [-0.3, -0.25) is 0 Å². The number of nitrogens with zero attached hydrogens (tertiary/aromatic N) is 2. The van der Waals surface area contributed by atoms with E-state index >= 15 is 0 Å². The Morgan fingerprint density at radius 1 is 1.33 bits per heavy atom. The second kappa shape index (κ2) is 6.88. The summed E-state index contributed by atoms with van der Waals surface area (Å²) in [5.41, 5.74) is 0.836. The lowest BCUT2D eigenvalue weighted by Crippen LogP contribution is -2.52. The second-order valence-electron chi connectivity index (χ2n) is 7.07. The maximum atomic E-state index is 12.9. The van der Waals surface area contributed by atoms with Gasteiger partial charge in [-0.15, -0.1) is 23.7 Å². The molecule has 3 rings (SSSR count). The molecule has 2 heterocycles. The molecule has 1 unspecified atom stereocenters. The summed E-state index contributed by atoms with van der Waals surface area (Å²) in [6.45, 7) is 10.2. The van der Waals surface area contributed by atoms with Crippen molar-refractivity contribution in [1.29, 1.82) is 0 Å². The smallest absolute Gasteiger partial charge is 0.243 e. The lowest BCUT2D eigenvalue weighted by Gasteiger charge is -2.32. The summed E-state index contributed by atoms with van der Waals surface area (Å²) in [6.07, 6.45) is 0. The van der Waals surface area contributed by atoms with E-state index in [1.807, 2.05) is 13.0 Å². The van der Waals surface area contributed by atoms with Crippen LogP contribution in [-0.2, 0) is 15.4 Å². The third-order valence-corrected chi connectivity index (χ3v) is 7.50. The number of rotatable bonds is 2. The molecule has 1 aromatic heterocycles. The zero-order chi connectivity index (χ0) is 16.8. The van der Waals surface area contributed by atoms with E-state index in [0.29, 0.717) is 24.5 Å². The van der Waals surface area contributed by atoms with Crippen molar-refractivity contribution in [2.24, 2.45) is 0 Å². The van der Waals surface area contributed by atoms with E-state index in [4.69, 9.17) is 0 Å². The second-order valence-corrected chi connectivity index (χ2v) is 9.99. The minimum absolute atomic E-state index is 0. The van der Waals surface area contributed by atoms with E-state index in [2.05, 4.69) is 31.1 Å². The standard InChI is InChI=1S/C16H23N3O2S2.ClH/c1-11-10-17-7-8-19(11)23(20,21)12-5-6-13-14(9-12)22-15(18-13)16(2,3)4;/h5-6,9,11,17H,7-8,10H2,1-4H3;1H. The van der Waals surface area contributed by atoms with Crippen molar-refractivity contribution in [3.05, 3.63) is 23.2 Å². The van der Waals surface area contributed by atoms with Gasteiger partial charge in [-0.05, 0) is 25.1 Å². The van der Waals surface area contributed by atoms with Gasteiger partial charge in [0.2, 0.25) is 10.0 Å². The highest BCUT2D eigenvalue weighted by Gasteiger charge is 2.31. The molecule has 24 heavy (non-hydrogen) atoms. The van der Waals surface area contributed by atoms with Gasteiger partial charge in [-0.1, -0.05) is 20.8 Å². The van der Waals surface area contributed by atoms with Gasteiger partial charge < -0.3 is 5.32 Å². The summed E-state index contributed by atoms with van der Waals surface area (Å²) in [4.78, 5) is 5.00. The molecule has 1 aromatic carbocycles. The molecule has 0 aliphatic carbocycles. The Bertz CT molecular complexity index is 827. The lowest BCUT2D eigenvalue weighted by atomic mass is 9.98. The van der Waals surface area contributed by atoms with E-state index in [1.54, 1.807) is 27.8 Å². The van der Waals surface area contributed by atoms with E-state index in [9.17, 15) is 8.42 Å². The Kier molecular flexibility index (Phi) is 5.62. The monoisotopic (exact) mass is 389 g/mol. The van der Waals surface area contributed by atoms with Gasteiger partial charge >= 0.3 is 0 Å². The van der Waals surface area contributed by atoms with E-state index in [0.717, 1.165) is 15.2 Å². The molecule has 0 amide bonds. The first-order valence-corrected chi connectivity index (χ1v) is 10.1. The van der Waals surface area contributed by atoms with Crippen molar-refractivity contribution in [2.45, 2.75) is 44.0 Å². The lowest BCUT2D eigenvalue weighted by molar-refractivity contribution is 0.284. The first kappa shape index (κ1) is 19.6. The third kappa shape index (κ3) is 3.60. The van der Waals surface area contributed by atoms with Gasteiger partial charge in [0.25, 0.3) is 0 Å². The summed E-state index contributed by atoms with van der Waals surface area (Å²) in [6, 6.07) is 5.24. The van der Waals surface area contributed by atoms with Crippen LogP contribution in [0.5, 0.6) is 0 Å². The van der Waals surface area contributed by atoms with E-state index in [-0.39, 0.29) is 23.9 Å². The molecular weight excluding hydrogens is 366 g/mol. The summed E-state index contributed by atoms with van der Waals surface area (Å²) in [5, 5.41) is 4.25. The van der Waals surface area contributed by atoms with Crippen LogP contribution in [0.15, 0.2) is 23.1 Å². The van der Waals surface area contributed by atoms with Gasteiger partial charge in [-0.2, -0.15) is 4.31 Å². The molecule has 8 heteroatoms. The average molecular weight is 390 g/mol. The van der Waals surface area contributed by atoms with Crippen molar-refractivity contribution in [3.8, 4) is 0 Å². The van der Waals surface area contributed by atoms with Gasteiger partial charge in [0, 0.05) is 31.1 Å². The van der Waals surface area contributed by atoms with Crippen LogP contribution in [0.2, 0.25) is 0 Å². The molecule has 1 N–H and O–H groups in total. The Balaban J connectivity index is 0.00000208. The Hall–Kier alpha value is -0.730. The number of hydrogen-bond donors (Lipinski definition) is 1. The van der Waals surface area contributed by atoms with Crippen LogP contribution < -0.4 is 5.32 Å². The third-order valence-electron chi connectivity index (χ3n) is 4.05. The zero-order valence-corrected chi connectivity index (χ0v) is 16.8. The van der Waals surface area contributed by atoms with E-state index in [1.165, 1.54) is 0 Å². The normalized spacial score (nSPS) is 20.1. The number of benzene rings is 1. The van der Waals surface area contributed by atoms with Crippen molar-refractivity contribution < 1.29 is 8.42 Å². The highest BCUT2D eigenvalue weighted by molar-refractivity contribution is 7.89. The Labute approximate surface area is 153 Å². The Morgan fingerprint density at radius 3 is 2.67 bits per heavy atom. The number of fused-ring (bicyclic) bond motifs is 1. The largest absolute Gasteiger partial charge is 0.314 e. The maximum absolute atomic E-state index is 12.9. The predicted octanol–water partition coefficient (Wildman–Crippen LogP) is 3.00. The van der Waals surface area contributed by atoms with Crippen LogP contribution >= 0.6 is 23.7 Å². The van der Waals surface area contributed by atoms with Crippen LogP contribution in [0.25, 0.3) is 10.2 Å². The average Bonchev–Trinajstić information content (AvgIpc) is 2.90. The molecule has 1 fully saturated rings. The molecule has 1 aliphatic heterocycles. The number of nitrogens with one attached hydrogen (secondary N) is 1. The fraction of sp³-hybridized carbons (Fsp3) is 0.562. The quantitative estimate of drug-likeness (QED) is 0.857. The van der Waals surface area contributed by atoms with Crippen LogP contribution in [0.3, 0.4) is 0 Å². The van der Waals surface area contributed by atoms with Crippen LogP contribution in [0.4, 0.5) is 0 Å². The SMILES string of the molecule is CC1CNCCN1S(=O)(=O)c1ccc2nc(C(C)(C)C)sc2c1.Cl. The fourth-order valence-electron chi connectivity index (χ4n) is 2.70. The summed E-state index contributed by atoms with van der Waals surface area (Å²) in [5.74, 6) is 0. The minimum atomic E-state index is -3.46. The maximum Gasteiger partial charge on any atom is 0.243 e. The molecule has 0 bridgehead atoms. The number of sulfonamides is 1. The van der Waals surface area contributed by atoms with Gasteiger partial charge in [0.1, 0.15) is 0 Å². The number of hydrogen-bond acceptors (Lipinski definition) is 5. The molecule has 5 nitrogen and oxygen atoms in total. The van der Waals surface area contributed by atoms with Crippen LogP contribution in [-0.4, -0.2) is 43.4 Å². The molecular formula is C16H24ClN3O2S2. The summed E-state index contributed by atoms with van der Waals surface area (Å²) < 4.78 is 28.4. The molecule has 1 saturated heterocycles. The first-order chi connectivity index (χ1) is 10.7. The van der Waals surface area contributed by atoms with Gasteiger partial charge in [0.15, 0.2) is 0 Å². The van der Waals surface area contributed by atoms with Crippen molar-refractivity contribution >= 4 is 44.0 Å². The fourth-order valence-corrected chi connectivity index (χ4v) is 5.50. The molecule has 0 spiro atoms. The van der Waals surface area contributed by atoms with Crippen LogP contribution in [0.1, 0.15) is 32.7 Å². The molecule has 2 aromatic rings. The zero-order valence-electron chi connectivity index (χ0n) is 14.4. The molecule has 1 atom stereocenters. The predicted molar refractivity (Wildman–Crippen MR) is 102 cm³/mol. The van der Waals surface area contributed by atoms with E-state index < -0.39 is 10.0 Å². The van der Waals surface area contributed by atoms with Gasteiger partial charge in [0.05, 0.1) is 20.1 Å². The number of aromatic nitrogens is 1. The van der Waals surface area contributed by atoms with Crippen LogP contribution in [0, 0.1) is 0 Å². The number of piperazine rings is 1. The van der Waals surface area contributed by atoms with Crippen molar-refractivity contribution in [1.82, 2.24) is 14.6 Å².